The Morgan fingerprint density at radius 2 is 1.69 bits per heavy atom. The van der Waals surface area contributed by atoms with Crippen LogP contribution in [0.5, 0.6) is 0 Å². The standard InChI is InChI=1S/C7H8BN5/c1-2-3(9)4(10)5(11)6(12)7(2)13-8/h10-12H,9H2,1H3/b10-4?,11-5?,12-6?,13-7-. The second-order valence-electron chi connectivity index (χ2n) is 2.64. The first kappa shape index (κ1) is 9.37. The highest BCUT2D eigenvalue weighted by Crippen LogP contribution is 1.91. The summed E-state index contributed by atoms with van der Waals surface area (Å²) < 4.78 is 0. The van der Waals surface area contributed by atoms with Crippen LogP contribution >= 0.6 is 0 Å². The van der Waals surface area contributed by atoms with Gasteiger partial charge in [-0.1, -0.05) is 0 Å². The number of nitrogens with zero attached hydrogens (tertiary/aromatic N) is 1. The summed E-state index contributed by atoms with van der Waals surface area (Å²) in [6.07, 6.45) is 0. The van der Waals surface area contributed by atoms with E-state index < -0.39 is 0 Å². The van der Waals surface area contributed by atoms with Crippen LogP contribution in [0.25, 0.3) is 0 Å². The summed E-state index contributed by atoms with van der Waals surface area (Å²) in [4.78, 5) is 3.36. The molecule has 0 aliphatic carbocycles. The molecule has 1 aromatic carbocycles. The molecule has 0 aliphatic rings. The fourth-order valence-corrected chi connectivity index (χ4v) is 1.04. The van der Waals surface area contributed by atoms with Crippen LogP contribution < -0.4 is 27.2 Å². The van der Waals surface area contributed by atoms with Gasteiger partial charge in [-0.3, -0.25) is 16.2 Å². The molecule has 0 atom stereocenters. The van der Waals surface area contributed by atoms with E-state index in [-0.39, 0.29) is 27.1 Å². The van der Waals surface area contributed by atoms with Gasteiger partial charge < -0.3 is 10.6 Å². The maximum atomic E-state index is 7.44. The SMILES string of the molecule is [B]/N=c1/c(C)c(N)c(=N)c(=N)c1=N. The van der Waals surface area contributed by atoms with Gasteiger partial charge in [-0.05, 0) is 6.92 Å². The molecule has 13 heavy (non-hydrogen) atoms. The molecule has 0 spiro atoms. The van der Waals surface area contributed by atoms with Crippen LogP contribution in [0.15, 0.2) is 4.90 Å². The van der Waals surface area contributed by atoms with E-state index in [2.05, 4.69) is 4.90 Å². The molecule has 64 valence electrons. The zero-order valence-corrected chi connectivity index (χ0v) is 7.10. The van der Waals surface area contributed by atoms with Gasteiger partial charge in [0.05, 0.1) is 11.0 Å². The van der Waals surface area contributed by atoms with Gasteiger partial charge in [0.2, 0.25) is 0 Å². The molecule has 5 N–H and O–H groups in total. The van der Waals surface area contributed by atoms with Crippen molar-refractivity contribution < 1.29 is 0 Å². The summed E-state index contributed by atoms with van der Waals surface area (Å²) >= 11 is 0. The molecular weight excluding hydrogens is 165 g/mol. The van der Waals surface area contributed by atoms with Crippen molar-refractivity contribution in [3.63, 3.8) is 0 Å². The molecule has 0 fully saturated rings. The molecule has 6 heteroatoms. The van der Waals surface area contributed by atoms with Gasteiger partial charge in [0, 0.05) is 5.56 Å². The molecule has 0 saturated carbocycles. The summed E-state index contributed by atoms with van der Waals surface area (Å²) in [6, 6.07) is 0. The van der Waals surface area contributed by atoms with Crippen molar-refractivity contribution in [3.05, 3.63) is 27.0 Å². The number of nitrogens with one attached hydrogen (secondary N) is 3. The van der Waals surface area contributed by atoms with Gasteiger partial charge in [-0.25, -0.2) is 0 Å². The Labute approximate surface area is 75.3 Å². The fourth-order valence-electron chi connectivity index (χ4n) is 1.04. The lowest BCUT2D eigenvalue weighted by Crippen LogP contribution is -2.49. The minimum Gasteiger partial charge on any atom is -0.397 e. The lowest BCUT2D eigenvalue weighted by molar-refractivity contribution is 1.02. The summed E-state index contributed by atoms with van der Waals surface area (Å²) in [5, 5.41) is 21.8. The van der Waals surface area contributed by atoms with Crippen molar-refractivity contribution in [2.75, 3.05) is 5.73 Å². The molecule has 2 radical (unpaired) electrons. The van der Waals surface area contributed by atoms with Crippen molar-refractivity contribution >= 4 is 13.7 Å². The van der Waals surface area contributed by atoms with Crippen LogP contribution in [-0.4, -0.2) is 7.98 Å². The van der Waals surface area contributed by atoms with Gasteiger partial charge in [-0.15, -0.1) is 0 Å². The lowest BCUT2D eigenvalue weighted by Gasteiger charge is -1.99. The normalized spacial score (nSPS) is 11.9. The van der Waals surface area contributed by atoms with E-state index in [0.717, 1.165) is 0 Å². The molecule has 0 amide bonds. The van der Waals surface area contributed by atoms with Gasteiger partial charge in [0.25, 0.3) is 7.98 Å². The quantitative estimate of drug-likeness (QED) is 0.261. The summed E-state index contributed by atoms with van der Waals surface area (Å²) in [6.45, 7) is 1.62. The van der Waals surface area contributed by atoms with Crippen LogP contribution in [0.1, 0.15) is 5.56 Å². The highest BCUT2D eigenvalue weighted by atomic mass is 14.7. The van der Waals surface area contributed by atoms with E-state index in [0.29, 0.717) is 5.56 Å². The number of hydrogen-bond acceptors (Lipinski definition) is 5. The minimum absolute atomic E-state index is 0.144. The van der Waals surface area contributed by atoms with Crippen LogP contribution in [-0.2, 0) is 0 Å². The third-order valence-corrected chi connectivity index (χ3v) is 1.89. The van der Waals surface area contributed by atoms with Crippen LogP contribution in [0.2, 0.25) is 0 Å². The maximum absolute atomic E-state index is 7.44. The van der Waals surface area contributed by atoms with Crippen LogP contribution in [0, 0.1) is 23.2 Å². The Hall–Kier alpha value is -1.72. The second-order valence-corrected chi connectivity index (χ2v) is 2.64. The van der Waals surface area contributed by atoms with Crippen molar-refractivity contribution in [2.45, 2.75) is 6.92 Å². The third-order valence-electron chi connectivity index (χ3n) is 1.89. The average molecular weight is 173 g/mol. The van der Waals surface area contributed by atoms with Crippen LogP contribution in [0.3, 0.4) is 0 Å². The third kappa shape index (κ3) is 1.20. The van der Waals surface area contributed by atoms with Crippen molar-refractivity contribution in [2.24, 2.45) is 4.90 Å². The number of hydrogen-bond donors (Lipinski definition) is 4. The molecule has 0 heterocycles. The molecule has 0 aliphatic heterocycles. The van der Waals surface area contributed by atoms with Gasteiger partial charge in [-0.2, -0.15) is 0 Å². The fraction of sp³-hybridized carbons (Fsp3) is 0.143. The Balaban J connectivity index is 4.15. The first-order valence-corrected chi connectivity index (χ1v) is 3.52. The van der Waals surface area contributed by atoms with E-state index in [9.17, 15) is 0 Å². The van der Waals surface area contributed by atoms with Crippen molar-refractivity contribution in [3.8, 4) is 0 Å². The van der Waals surface area contributed by atoms with Crippen molar-refractivity contribution in [1.29, 1.82) is 16.2 Å². The Morgan fingerprint density at radius 3 is 2.15 bits per heavy atom. The number of nitrogens with two attached hydrogens (primary N) is 1. The Kier molecular flexibility index (Phi) is 2.14. The first-order valence-electron chi connectivity index (χ1n) is 3.52. The summed E-state index contributed by atoms with van der Waals surface area (Å²) in [7, 11) is 5.04. The average Bonchev–Trinajstić information content (AvgIpc) is 2.13. The zero-order chi connectivity index (χ0) is 10.2. The second kappa shape index (κ2) is 2.97. The van der Waals surface area contributed by atoms with Gasteiger partial charge >= 0.3 is 0 Å². The van der Waals surface area contributed by atoms with Crippen LogP contribution in [0.4, 0.5) is 5.69 Å². The predicted molar refractivity (Wildman–Crippen MR) is 46.8 cm³/mol. The van der Waals surface area contributed by atoms with Crippen molar-refractivity contribution in [1.82, 2.24) is 0 Å². The Morgan fingerprint density at radius 1 is 1.15 bits per heavy atom. The lowest BCUT2D eigenvalue weighted by atomic mass is 10.1. The predicted octanol–water partition coefficient (Wildman–Crippen LogP) is -2.12. The number of benzene rings is 1. The van der Waals surface area contributed by atoms with E-state index in [1.165, 1.54) is 0 Å². The van der Waals surface area contributed by atoms with E-state index in [1.807, 2.05) is 0 Å². The topological polar surface area (TPSA) is 110 Å². The monoisotopic (exact) mass is 173 g/mol. The number of rotatable bonds is 0. The van der Waals surface area contributed by atoms with Gasteiger partial charge in [0.1, 0.15) is 16.1 Å². The molecule has 0 bridgehead atoms. The van der Waals surface area contributed by atoms with Gasteiger partial charge in [0.15, 0.2) is 0 Å². The number of anilines is 1. The van der Waals surface area contributed by atoms with E-state index in [4.69, 9.17) is 29.9 Å². The highest BCUT2D eigenvalue weighted by molar-refractivity contribution is 6.05. The highest BCUT2D eigenvalue weighted by Gasteiger charge is 2.03. The largest absolute Gasteiger partial charge is 0.397 e. The first-order chi connectivity index (χ1) is 6.00. The summed E-state index contributed by atoms with van der Waals surface area (Å²) in [5.74, 6) is 0. The van der Waals surface area contributed by atoms with E-state index >= 15 is 0 Å². The molecule has 0 saturated heterocycles. The molecule has 0 unspecified atom stereocenters. The summed E-state index contributed by atoms with van der Waals surface area (Å²) in [5.41, 5.74) is 6.16. The molecular formula is C7H8BN5. The number of nitrogen functional groups attached to an aromatic ring is 1. The molecule has 1 aromatic rings. The maximum Gasteiger partial charge on any atom is 0.260 e. The Bertz CT molecular complexity index is 550. The van der Waals surface area contributed by atoms with E-state index in [1.54, 1.807) is 6.92 Å². The molecule has 1 rings (SSSR count). The zero-order valence-electron chi connectivity index (χ0n) is 7.10. The molecule has 0 aromatic heterocycles. The minimum atomic E-state index is -0.243. The smallest absolute Gasteiger partial charge is 0.260 e. The molecule has 5 nitrogen and oxygen atoms in total.